The van der Waals surface area contributed by atoms with E-state index in [9.17, 15) is 26.7 Å². The summed E-state index contributed by atoms with van der Waals surface area (Å²) in [6, 6.07) is 3.05. The Morgan fingerprint density at radius 2 is 2.00 bits per heavy atom. The van der Waals surface area contributed by atoms with Gasteiger partial charge in [-0.2, -0.15) is 0 Å². The van der Waals surface area contributed by atoms with Gasteiger partial charge in [0.05, 0.1) is 16.9 Å². The molecule has 1 aromatic carbocycles. The third kappa shape index (κ3) is 5.66. The third-order valence-electron chi connectivity index (χ3n) is 2.03. The SMILES string of the molecule is CS(=O)(=O)CC(O)c1ccc(OC(F)(F)F)c(Cl)c1. The molecule has 108 valence electrons. The van der Waals surface area contributed by atoms with Gasteiger partial charge in [0, 0.05) is 6.26 Å². The average Bonchev–Trinajstić information content (AvgIpc) is 2.16. The summed E-state index contributed by atoms with van der Waals surface area (Å²) in [4.78, 5) is 0. The smallest absolute Gasteiger partial charge is 0.404 e. The lowest BCUT2D eigenvalue weighted by Gasteiger charge is -2.13. The first-order valence-electron chi connectivity index (χ1n) is 4.89. The van der Waals surface area contributed by atoms with E-state index < -0.39 is 33.8 Å². The number of sulfone groups is 1. The number of benzene rings is 1. The van der Waals surface area contributed by atoms with Gasteiger partial charge in [-0.1, -0.05) is 17.7 Å². The van der Waals surface area contributed by atoms with Gasteiger partial charge >= 0.3 is 6.36 Å². The quantitative estimate of drug-likeness (QED) is 0.925. The van der Waals surface area contributed by atoms with E-state index in [4.69, 9.17) is 11.6 Å². The number of halogens is 4. The number of hydrogen-bond acceptors (Lipinski definition) is 4. The molecule has 0 saturated heterocycles. The summed E-state index contributed by atoms with van der Waals surface area (Å²) >= 11 is 5.57. The molecule has 1 unspecified atom stereocenters. The number of hydrogen-bond donors (Lipinski definition) is 1. The number of aliphatic hydroxyl groups excluding tert-OH is 1. The van der Waals surface area contributed by atoms with Gasteiger partial charge < -0.3 is 9.84 Å². The fourth-order valence-corrected chi connectivity index (χ4v) is 2.31. The third-order valence-corrected chi connectivity index (χ3v) is 3.24. The van der Waals surface area contributed by atoms with Crippen LogP contribution in [0, 0.1) is 0 Å². The van der Waals surface area contributed by atoms with Crippen LogP contribution in [0.15, 0.2) is 18.2 Å². The maximum Gasteiger partial charge on any atom is 0.573 e. The zero-order valence-electron chi connectivity index (χ0n) is 9.61. The molecule has 0 radical (unpaired) electrons. The van der Waals surface area contributed by atoms with Crippen molar-refractivity contribution < 1.29 is 31.4 Å². The van der Waals surface area contributed by atoms with Crippen molar-refractivity contribution in [2.24, 2.45) is 0 Å². The van der Waals surface area contributed by atoms with Gasteiger partial charge in [0.1, 0.15) is 15.6 Å². The highest BCUT2D eigenvalue weighted by Crippen LogP contribution is 2.32. The van der Waals surface area contributed by atoms with Crippen LogP contribution >= 0.6 is 11.6 Å². The molecule has 0 spiro atoms. The number of rotatable bonds is 4. The van der Waals surface area contributed by atoms with E-state index in [2.05, 4.69) is 4.74 Å². The molecule has 0 saturated carbocycles. The van der Waals surface area contributed by atoms with Gasteiger partial charge in [-0.25, -0.2) is 8.42 Å². The van der Waals surface area contributed by atoms with Gasteiger partial charge in [0.2, 0.25) is 0 Å². The molecule has 1 N–H and O–H groups in total. The Morgan fingerprint density at radius 1 is 1.42 bits per heavy atom. The molecular formula is C10H10ClF3O4S. The van der Waals surface area contributed by atoms with Gasteiger partial charge in [-0.3, -0.25) is 0 Å². The second-order valence-electron chi connectivity index (χ2n) is 3.85. The summed E-state index contributed by atoms with van der Waals surface area (Å²) in [5, 5.41) is 9.23. The largest absolute Gasteiger partial charge is 0.573 e. The molecule has 1 aromatic rings. The normalized spacial score (nSPS) is 14.2. The highest BCUT2D eigenvalue weighted by molar-refractivity contribution is 7.90. The average molecular weight is 319 g/mol. The summed E-state index contributed by atoms with van der Waals surface area (Å²) < 4.78 is 61.6. The van der Waals surface area contributed by atoms with E-state index in [1.807, 2.05) is 0 Å². The summed E-state index contributed by atoms with van der Waals surface area (Å²) in [6.45, 7) is 0. The minimum Gasteiger partial charge on any atom is -0.404 e. The van der Waals surface area contributed by atoms with Crippen molar-refractivity contribution >= 4 is 21.4 Å². The molecule has 0 aliphatic carbocycles. The first kappa shape index (κ1) is 16.1. The predicted molar refractivity (Wildman–Crippen MR) is 62.8 cm³/mol. The lowest BCUT2D eigenvalue weighted by atomic mass is 10.1. The van der Waals surface area contributed by atoms with Gasteiger partial charge in [-0.15, -0.1) is 13.2 Å². The van der Waals surface area contributed by atoms with Crippen LogP contribution in [0.1, 0.15) is 11.7 Å². The van der Waals surface area contributed by atoms with Crippen LogP contribution in [0.5, 0.6) is 5.75 Å². The first-order valence-corrected chi connectivity index (χ1v) is 7.33. The Balaban J connectivity index is 2.94. The lowest BCUT2D eigenvalue weighted by molar-refractivity contribution is -0.274. The zero-order chi connectivity index (χ0) is 14.8. The van der Waals surface area contributed by atoms with E-state index in [1.165, 1.54) is 0 Å². The second-order valence-corrected chi connectivity index (χ2v) is 6.44. The molecule has 0 bridgehead atoms. The van der Waals surface area contributed by atoms with Gasteiger partial charge in [-0.05, 0) is 17.7 Å². The van der Waals surface area contributed by atoms with Crippen LogP contribution in [0.4, 0.5) is 13.2 Å². The Bertz CT molecular complexity index is 556. The molecule has 9 heteroatoms. The van der Waals surface area contributed by atoms with Crippen LogP contribution in [0.2, 0.25) is 5.02 Å². The maximum atomic E-state index is 12.0. The van der Waals surface area contributed by atoms with Crippen LogP contribution in [0.3, 0.4) is 0 Å². The van der Waals surface area contributed by atoms with Crippen molar-refractivity contribution in [1.29, 1.82) is 0 Å². The Labute approximate surface area is 112 Å². The Kier molecular flexibility index (Phi) is 4.70. The molecular weight excluding hydrogens is 309 g/mol. The Hall–Kier alpha value is -0.990. The second kappa shape index (κ2) is 5.56. The minimum absolute atomic E-state index is 0.0879. The number of aliphatic hydroxyl groups is 1. The van der Waals surface area contributed by atoms with E-state index in [0.717, 1.165) is 24.5 Å². The van der Waals surface area contributed by atoms with Crippen molar-refractivity contribution in [3.63, 3.8) is 0 Å². The molecule has 0 heterocycles. The molecule has 0 aliphatic heterocycles. The van der Waals surface area contributed by atoms with Gasteiger partial charge in [0.15, 0.2) is 0 Å². The van der Waals surface area contributed by atoms with Crippen molar-refractivity contribution in [3.05, 3.63) is 28.8 Å². The lowest BCUT2D eigenvalue weighted by Crippen LogP contribution is -2.17. The van der Waals surface area contributed by atoms with Crippen molar-refractivity contribution in [2.45, 2.75) is 12.5 Å². The molecule has 0 aliphatic rings. The maximum absolute atomic E-state index is 12.0. The Morgan fingerprint density at radius 3 is 2.42 bits per heavy atom. The molecule has 0 fully saturated rings. The van der Waals surface area contributed by atoms with Crippen LogP contribution in [0.25, 0.3) is 0 Å². The van der Waals surface area contributed by atoms with Crippen molar-refractivity contribution in [1.82, 2.24) is 0 Å². The fourth-order valence-electron chi connectivity index (χ4n) is 1.31. The van der Waals surface area contributed by atoms with Crippen LogP contribution < -0.4 is 4.74 Å². The topological polar surface area (TPSA) is 63.6 Å². The molecule has 19 heavy (non-hydrogen) atoms. The van der Waals surface area contributed by atoms with Crippen molar-refractivity contribution in [2.75, 3.05) is 12.0 Å². The number of ether oxygens (including phenoxy) is 1. The zero-order valence-corrected chi connectivity index (χ0v) is 11.2. The highest BCUT2D eigenvalue weighted by atomic mass is 35.5. The highest BCUT2D eigenvalue weighted by Gasteiger charge is 2.32. The number of alkyl halides is 3. The molecule has 0 amide bonds. The molecule has 1 atom stereocenters. The summed E-state index contributed by atoms with van der Waals surface area (Å²) in [5.41, 5.74) is 0.0879. The van der Waals surface area contributed by atoms with E-state index in [1.54, 1.807) is 0 Å². The summed E-state index contributed by atoms with van der Waals surface area (Å²) in [7, 11) is -3.43. The molecule has 0 aromatic heterocycles. The first-order chi connectivity index (χ1) is 8.48. The van der Waals surface area contributed by atoms with Crippen LogP contribution in [-0.4, -0.2) is 31.9 Å². The standard InChI is InChI=1S/C10H10ClF3O4S/c1-19(16,17)5-8(15)6-2-3-9(7(11)4-6)18-10(12,13)14/h2-4,8,15H,5H2,1H3. The molecule has 1 rings (SSSR count). The minimum atomic E-state index is -4.88. The van der Waals surface area contributed by atoms with E-state index in [-0.39, 0.29) is 10.6 Å². The van der Waals surface area contributed by atoms with E-state index in [0.29, 0.717) is 0 Å². The van der Waals surface area contributed by atoms with Crippen molar-refractivity contribution in [3.8, 4) is 5.75 Å². The van der Waals surface area contributed by atoms with Gasteiger partial charge in [0.25, 0.3) is 0 Å². The summed E-state index contributed by atoms with van der Waals surface area (Å²) in [6.07, 6.45) is -5.32. The fraction of sp³-hybridized carbons (Fsp3) is 0.400. The van der Waals surface area contributed by atoms with Crippen LogP contribution in [-0.2, 0) is 9.84 Å². The monoisotopic (exact) mass is 318 g/mol. The van der Waals surface area contributed by atoms with E-state index >= 15 is 0 Å². The molecule has 4 nitrogen and oxygen atoms in total. The summed E-state index contributed by atoms with van der Waals surface area (Å²) in [5.74, 6) is -1.17. The predicted octanol–water partition coefficient (Wildman–Crippen LogP) is 2.32.